The summed E-state index contributed by atoms with van der Waals surface area (Å²) in [4.78, 5) is 18.4. The highest BCUT2D eigenvalue weighted by Gasteiger charge is 2.44. The fourth-order valence-electron chi connectivity index (χ4n) is 4.20. The molecule has 0 saturated carbocycles. The Morgan fingerprint density at radius 1 is 1.15 bits per heavy atom. The lowest BCUT2D eigenvalue weighted by Gasteiger charge is -2.32. The minimum atomic E-state index is -3.87. The zero-order valence-corrected chi connectivity index (χ0v) is 19.8. The minimum absolute atomic E-state index is 0.0458. The molecule has 7 nitrogen and oxygen atoms in total. The summed E-state index contributed by atoms with van der Waals surface area (Å²) in [6, 6.07) is 12.7. The van der Waals surface area contributed by atoms with Crippen molar-refractivity contribution in [3.8, 4) is 0 Å². The van der Waals surface area contributed by atoms with Gasteiger partial charge in [0, 0.05) is 50.7 Å². The smallest absolute Gasteiger partial charge is 0.262 e. The fraction of sp³-hybridized carbons (Fsp3) is 0.304. The van der Waals surface area contributed by atoms with Crippen molar-refractivity contribution in [2.45, 2.75) is 30.5 Å². The Morgan fingerprint density at radius 2 is 1.82 bits per heavy atom. The van der Waals surface area contributed by atoms with Crippen molar-refractivity contribution in [2.75, 3.05) is 13.1 Å². The van der Waals surface area contributed by atoms with E-state index in [0.717, 1.165) is 11.1 Å². The third-order valence-corrected chi connectivity index (χ3v) is 7.88. The number of aromatic nitrogens is 2. The van der Waals surface area contributed by atoms with Gasteiger partial charge in [-0.05, 0) is 35.4 Å². The third kappa shape index (κ3) is 4.95. The molecule has 2 heterocycles. The summed E-state index contributed by atoms with van der Waals surface area (Å²) in [6.45, 7) is 2.02. The molecule has 1 saturated heterocycles. The topological polar surface area (TPSA) is 75.5 Å². The van der Waals surface area contributed by atoms with E-state index < -0.39 is 16.1 Å². The molecule has 2 atom stereocenters. The van der Waals surface area contributed by atoms with Crippen LogP contribution in [0.4, 0.5) is 4.39 Å². The Hall–Kier alpha value is -2.75. The van der Waals surface area contributed by atoms with Crippen LogP contribution in [-0.2, 0) is 28.4 Å². The van der Waals surface area contributed by atoms with Gasteiger partial charge in [0.1, 0.15) is 5.82 Å². The van der Waals surface area contributed by atoms with E-state index in [1.165, 1.54) is 35.9 Å². The molecule has 0 unspecified atom stereocenters. The maximum absolute atomic E-state index is 13.6. The van der Waals surface area contributed by atoms with Gasteiger partial charge < -0.3 is 9.47 Å². The van der Waals surface area contributed by atoms with E-state index in [4.69, 9.17) is 11.6 Å². The van der Waals surface area contributed by atoms with Crippen LogP contribution in [0.5, 0.6) is 0 Å². The number of hydrogen-bond acceptors (Lipinski definition) is 4. The van der Waals surface area contributed by atoms with Crippen LogP contribution in [-0.4, -0.2) is 52.2 Å². The van der Waals surface area contributed by atoms with Gasteiger partial charge in [-0.25, -0.2) is 17.8 Å². The molecule has 1 amide bonds. The molecular weight excluding hydrogens is 467 g/mol. The number of carbonyl (C=O) groups is 1. The maximum atomic E-state index is 13.6. The molecule has 0 aliphatic carbocycles. The van der Waals surface area contributed by atoms with Crippen molar-refractivity contribution in [1.82, 2.24) is 18.8 Å². The molecule has 174 valence electrons. The van der Waals surface area contributed by atoms with Gasteiger partial charge in [0.2, 0.25) is 5.91 Å². The van der Waals surface area contributed by atoms with E-state index in [9.17, 15) is 17.6 Å². The first-order chi connectivity index (χ1) is 15.6. The summed E-state index contributed by atoms with van der Waals surface area (Å²) in [6.07, 6.45) is 2.88. The van der Waals surface area contributed by atoms with Crippen molar-refractivity contribution in [1.29, 1.82) is 0 Å². The quantitative estimate of drug-likeness (QED) is 0.530. The van der Waals surface area contributed by atoms with Crippen molar-refractivity contribution >= 4 is 27.5 Å². The summed E-state index contributed by atoms with van der Waals surface area (Å²) in [7, 11) is -2.17. The molecule has 2 aromatic carbocycles. The first-order valence-corrected chi connectivity index (χ1v) is 12.2. The van der Waals surface area contributed by atoms with E-state index in [0.29, 0.717) is 11.6 Å². The number of hydrogen-bond donors (Lipinski definition) is 0. The average Bonchev–Trinajstić information content (AvgIpc) is 3.41. The van der Waals surface area contributed by atoms with Gasteiger partial charge in [-0.15, -0.1) is 0 Å². The minimum Gasteiger partial charge on any atom is -0.339 e. The Labute approximate surface area is 197 Å². The number of amides is 1. The summed E-state index contributed by atoms with van der Waals surface area (Å²) in [5.74, 6) is -0.893. The van der Waals surface area contributed by atoms with Crippen molar-refractivity contribution in [3.63, 3.8) is 0 Å². The lowest BCUT2D eigenvalue weighted by Crippen LogP contribution is -2.43. The van der Waals surface area contributed by atoms with Crippen LogP contribution in [0.15, 0.2) is 66.1 Å². The molecule has 1 fully saturated rings. The fourth-order valence-corrected chi connectivity index (χ4v) is 5.78. The number of sulfonamides is 1. The van der Waals surface area contributed by atoms with Gasteiger partial charge >= 0.3 is 0 Å². The van der Waals surface area contributed by atoms with Crippen LogP contribution in [0.2, 0.25) is 5.02 Å². The van der Waals surface area contributed by atoms with Crippen LogP contribution in [0.25, 0.3) is 0 Å². The lowest BCUT2D eigenvalue weighted by atomic mass is 9.93. The molecule has 4 rings (SSSR count). The van der Waals surface area contributed by atoms with Crippen molar-refractivity contribution in [3.05, 3.63) is 83.0 Å². The van der Waals surface area contributed by atoms with Crippen molar-refractivity contribution in [2.24, 2.45) is 7.05 Å². The van der Waals surface area contributed by atoms with Gasteiger partial charge in [0.05, 0.1) is 12.4 Å². The molecule has 10 heteroatoms. The molecule has 1 aromatic heterocycles. The Bertz CT molecular complexity index is 1250. The predicted molar refractivity (Wildman–Crippen MR) is 123 cm³/mol. The molecule has 3 aromatic rings. The average molecular weight is 491 g/mol. The highest BCUT2D eigenvalue weighted by Crippen LogP contribution is 2.35. The zero-order chi connectivity index (χ0) is 23.8. The molecule has 1 aliphatic heterocycles. The number of halogens is 2. The number of nitrogens with zero attached hydrogens (tertiary/aromatic N) is 4. The second-order valence-corrected chi connectivity index (χ2v) is 10.5. The van der Waals surface area contributed by atoms with Gasteiger partial charge in [-0.1, -0.05) is 35.9 Å². The van der Waals surface area contributed by atoms with Crippen LogP contribution in [0, 0.1) is 5.82 Å². The first-order valence-electron chi connectivity index (χ1n) is 10.4. The molecule has 0 radical (unpaired) electrons. The van der Waals surface area contributed by atoms with Gasteiger partial charge in [0.25, 0.3) is 10.0 Å². The molecule has 0 bridgehead atoms. The van der Waals surface area contributed by atoms with E-state index in [2.05, 4.69) is 4.98 Å². The number of aryl methyl sites for hydroxylation is 1. The number of rotatable bonds is 6. The molecular formula is C23H24ClFN4O3S. The molecule has 0 spiro atoms. The van der Waals surface area contributed by atoms with E-state index >= 15 is 0 Å². The van der Waals surface area contributed by atoms with Crippen LogP contribution < -0.4 is 0 Å². The molecule has 0 N–H and O–H groups in total. The van der Waals surface area contributed by atoms with E-state index in [-0.39, 0.29) is 35.8 Å². The lowest BCUT2D eigenvalue weighted by molar-refractivity contribution is -0.131. The highest BCUT2D eigenvalue weighted by atomic mass is 35.5. The Morgan fingerprint density at radius 3 is 2.39 bits per heavy atom. The highest BCUT2D eigenvalue weighted by molar-refractivity contribution is 7.89. The summed E-state index contributed by atoms with van der Waals surface area (Å²) in [5, 5.41) is 0.543. The van der Waals surface area contributed by atoms with Crippen LogP contribution in [0.1, 0.15) is 24.0 Å². The van der Waals surface area contributed by atoms with E-state index in [1.807, 2.05) is 12.1 Å². The summed E-state index contributed by atoms with van der Waals surface area (Å²) in [5.41, 5.74) is 1.64. The Kier molecular flexibility index (Phi) is 6.56. The second kappa shape index (κ2) is 9.24. The first kappa shape index (κ1) is 23.4. The molecule has 33 heavy (non-hydrogen) atoms. The summed E-state index contributed by atoms with van der Waals surface area (Å²) >= 11 is 5.99. The van der Waals surface area contributed by atoms with Crippen LogP contribution >= 0.6 is 11.6 Å². The van der Waals surface area contributed by atoms with Crippen LogP contribution in [0.3, 0.4) is 0 Å². The van der Waals surface area contributed by atoms with Gasteiger partial charge in [-0.3, -0.25) is 4.79 Å². The number of carbonyl (C=O) groups excluding carboxylic acids is 1. The SMILES string of the molecule is CC(=O)N(Cc1ccc(Cl)cc1)[C@H]1CN(S(=O)(=O)c2cn(C)cn2)C[C@@H]1c1ccc(F)cc1. The second-order valence-electron chi connectivity index (χ2n) is 8.20. The van der Waals surface area contributed by atoms with E-state index in [1.54, 1.807) is 40.8 Å². The zero-order valence-electron chi connectivity index (χ0n) is 18.2. The predicted octanol–water partition coefficient (Wildman–Crippen LogP) is 3.42. The summed E-state index contributed by atoms with van der Waals surface area (Å²) < 4.78 is 43.1. The monoisotopic (exact) mass is 490 g/mol. The normalized spacial score (nSPS) is 19.0. The number of imidazole rings is 1. The van der Waals surface area contributed by atoms with Gasteiger partial charge in [-0.2, -0.15) is 4.31 Å². The Balaban J connectivity index is 1.70. The standard InChI is InChI=1S/C23H24ClFN4O3S/c1-16(30)29(11-17-3-7-19(24)8-4-17)22-13-28(33(31,32)23-14-27(2)15-26-23)12-21(22)18-5-9-20(25)10-6-18/h3-10,14-15,21-22H,11-13H2,1-2H3/t21-,22+/m1/s1. The maximum Gasteiger partial charge on any atom is 0.262 e. The van der Waals surface area contributed by atoms with Gasteiger partial charge in [0.15, 0.2) is 5.03 Å². The van der Waals surface area contributed by atoms with Crippen molar-refractivity contribution < 1.29 is 17.6 Å². The largest absolute Gasteiger partial charge is 0.339 e. The number of benzene rings is 2. The molecule has 1 aliphatic rings. The third-order valence-electron chi connectivity index (χ3n) is 5.91.